The van der Waals surface area contributed by atoms with Crippen molar-refractivity contribution in [3.05, 3.63) is 18.3 Å². The van der Waals surface area contributed by atoms with E-state index in [1.807, 2.05) is 17.0 Å². The van der Waals surface area contributed by atoms with E-state index < -0.39 is 6.10 Å². The van der Waals surface area contributed by atoms with Crippen molar-refractivity contribution >= 4 is 11.7 Å². The van der Waals surface area contributed by atoms with Crippen molar-refractivity contribution < 1.29 is 14.6 Å². The van der Waals surface area contributed by atoms with Gasteiger partial charge in [0.05, 0.1) is 12.7 Å². The number of amides is 1. The minimum Gasteiger partial charge on any atom is -0.493 e. The maximum atomic E-state index is 11.0. The molecule has 0 spiro atoms. The number of carbonyl (C=O) groups is 1. The second-order valence-corrected chi connectivity index (χ2v) is 6.01. The van der Waals surface area contributed by atoms with Crippen molar-refractivity contribution in [2.75, 3.05) is 24.6 Å². The Bertz CT molecular complexity index is 519. The summed E-state index contributed by atoms with van der Waals surface area (Å²) < 4.78 is 5.75. The molecule has 114 valence electrons. The maximum absolute atomic E-state index is 11.0. The molecule has 1 aliphatic heterocycles. The van der Waals surface area contributed by atoms with Crippen molar-refractivity contribution in [3.63, 3.8) is 0 Å². The zero-order chi connectivity index (χ0) is 14.8. The first-order valence-electron chi connectivity index (χ1n) is 7.42. The molecule has 2 aliphatic rings. The molecule has 1 aromatic heterocycles. The van der Waals surface area contributed by atoms with E-state index in [1.165, 1.54) is 12.8 Å². The van der Waals surface area contributed by atoms with E-state index in [0.29, 0.717) is 19.0 Å². The molecule has 1 saturated heterocycles. The first-order chi connectivity index (χ1) is 10.1. The van der Waals surface area contributed by atoms with Crippen LogP contribution in [-0.2, 0) is 4.79 Å². The van der Waals surface area contributed by atoms with Crippen LogP contribution in [-0.4, -0.2) is 41.8 Å². The van der Waals surface area contributed by atoms with Crippen LogP contribution in [0.5, 0.6) is 5.75 Å². The lowest BCUT2D eigenvalue weighted by atomic mass is 10.0. The summed E-state index contributed by atoms with van der Waals surface area (Å²) in [5, 5.41) is 10.0. The highest BCUT2D eigenvalue weighted by atomic mass is 16.5. The third-order valence-electron chi connectivity index (χ3n) is 4.09. The summed E-state index contributed by atoms with van der Waals surface area (Å²) >= 11 is 0. The zero-order valence-electron chi connectivity index (χ0n) is 11.9. The number of hydrogen-bond acceptors (Lipinski definition) is 5. The van der Waals surface area contributed by atoms with E-state index >= 15 is 0 Å². The standard InChI is InChI=1S/C15H21N3O3/c16-14(20)5-11-7-18(8-13(11)19)15-6-12(3-4-17-15)21-9-10-1-2-10/h3-4,6,10-11,13,19H,1-2,5,7-9H2,(H2,16,20)/t11-,13-/m1/s1. The predicted octanol–water partition coefficient (Wildman–Crippen LogP) is 0.543. The van der Waals surface area contributed by atoms with Gasteiger partial charge in [0.15, 0.2) is 0 Å². The molecule has 21 heavy (non-hydrogen) atoms. The highest BCUT2D eigenvalue weighted by molar-refractivity contribution is 5.74. The highest BCUT2D eigenvalue weighted by Gasteiger charge is 2.33. The molecule has 6 nitrogen and oxygen atoms in total. The maximum Gasteiger partial charge on any atom is 0.217 e. The first kappa shape index (κ1) is 14.1. The fourth-order valence-corrected chi connectivity index (χ4v) is 2.66. The SMILES string of the molecule is NC(=O)C[C@@H]1CN(c2cc(OCC3CC3)ccn2)C[C@H]1O. The zero-order valence-corrected chi connectivity index (χ0v) is 11.9. The lowest BCUT2D eigenvalue weighted by Crippen LogP contribution is -2.24. The lowest BCUT2D eigenvalue weighted by Gasteiger charge is -2.17. The van der Waals surface area contributed by atoms with Crippen LogP contribution in [0.25, 0.3) is 0 Å². The lowest BCUT2D eigenvalue weighted by molar-refractivity contribution is -0.119. The molecule has 1 aliphatic carbocycles. The van der Waals surface area contributed by atoms with Gasteiger partial charge in [-0.15, -0.1) is 0 Å². The molecule has 2 atom stereocenters. The van der Waals surface area contributed by atoms with E-state index in [0.717, 1.165) is 18.2 Å². The van der Waals surface area contributed by atoms with Gasteiger partial charge in [0.25, 0.3) is 0 Å². The highest BCUT2D eigenvalue weighted by Crippen LogP contribution is 2.31. The monoisotopic (exact) mass is 291 g/mol. The van der Waals surface area contributed by atoms with E-state index in [1.54, 1.807) is 6.20 Å². The average molecular weight is 291 g/mol. The van der Waals surface area contributed by atoms with Gasteiger partial charge < -0.3 is 20.5 Å². The normalized spacial score (nSPS) is 25.1. The summed E-state index contributed by atoms with van der Waals surface area (Å²) in [5.74, 6) is 1.78. The smallest absolute Gasteiger partial charge is 0.217 e. The Kier molecular flexibility index (Phi) is 3.96. The summed E-state index contributed by atoms with van der Waals surface area (Å²) in [6.45, 7) is 1.82. The molecule has 1 amide bonds. The largest absolute Gasteiger partial charge is 0.493 e. The quantitative estimate of drug-likeness (QED) is 0.798. The molecule has 0 radical (unpaired) electrons. The number of β-amino-alcohol motifs (C(OH)–C–C–N with tert-alkyl or cyclic N) is 1. The van der Waals surface area contributed by atoms with Gasteiger partial charge in [-0.3, -0.25) is 4.79 Å². The number of aromatic nitrogens is 1. The number of aliphatic hydroxyl groups excluding tert-OH is 1. The second kappa shape index (κ2) is 5.89. The molecule has 0 unspecified atom stereocenters. The number of nitrogens with zero attached hydrogens (tertiary/aromatic N) is 2. The number of hydrogen-bond donors (Lipinski definition) is 2. The van der Waals surface area contributed by atoms with Gasteiger partial charge in [-0.25, -0.2) is 4.98 Å². The van der Waals surface area contributed by atoms with Crippen LogP contribution in [0.1, 0.15) is 19.3 Å². The number of carbonyl (C=O) groups excluding carboxylic acids is 1. The Morgan fingerprint density at radius 2 is 2.29 bits per heavy atom. The van der Waals surface area contributed by atoms with Crippen LogP contribution in [0.2, 0.25) is 0 Å². The fraction of sp³-hybridized carbons (Fsp3) is 0.600. The summed E-state index contributed by atoms with van der Waals surface area (Å²) in [5.41, 5.74) is 5.21. The fourth-order valence-electron chi connectivity index (χ4n) is 2.66. The van der Waals surface area contributed by atoms with Crippen LogP contribution in [0.4, 0.5) is 5.82 Å². The number of primary amides is 1. The Morgan fingerprint density at radius 3 is 3.00 bits per heavy atom. The molecule has 2 fully saturated rings. The van der Waals surface area contributed by atoms with Crippen molar-refractivity contribution in [1.82, 2.24) is 4.98 Å². The third-order valence-corrected chi connectivity index (χ3v) is 4.09. The van der Waals surface area contributed by atoms with Gasteiger partial charge in [-0.2, -0.15) is 0 Å². The Balaban J connectivity index is 1.63. The minimum absolute atomic E-state index is 0.125. The van der Waals surface area contributed by atoms with Gasteiger partial charge in [-0.05, 0) is 24.8 Å². The summed E-state index contributed by atoms with van der Waals surface area (Å²) in [7, 11) is 0. The molecular weight excluding hydrogens is 270 g/mol. The van der Waals surface area contributed by atoms with Gasteiger partial charge in [0, 0.05) is 37.7 Å². The Hall–Kier alpha value is -1.82. The molecule has 2 heterocycles. The van der Waals surface area contributed by atoms with E-state index in [-0.39, 0.29) is 18.2 Å². The average Bonchev–Trinajstić information content (AvgIpc) is 3.21. The third kappa shape index (κ3) is 3.64. The van der Waals surface area contributed by atoms with Crippen LogP contribution in [0, 0.1) is 11.8 Å². The van der Waals surface area contributed by atoms with Crippen LogP contribution in [0.3, 0.4) is 0 Å². The van der Waals surface area contributed by atoms with E-state index in [2.05, 4.69) is 4.98 Å². The van der Waals surface area contributed by atoms with Crippen molar-refractivity contribution in [3.8, 4) is 5.75 Å². The number of nitrogens with two attached hydrogens (primary N) is 1. The van der Waals surface area contributed by atoms with Gasteiger partial charge in [0.2, 0.25) is 5.91 Å². The predicted molar refractivity (Wildman–Crippen MR) is 78.0 cm³/mol. The summed E-state index contributed by atoms with van der Waals surface area (Å²) in [6, 6.07) is 3.74. The van der Waals surface area contributed by atoms with Crippen molar-refractivity contribution in [2.45, 2.75) is 25.4 Å². The molecule has 6 heteroatoms. The number of anilines is 1. The van der Waals surface area contributed by atoms with E-state index in [9.17, 15) is 9.90 Å². The molecular formula is C15H21N3O3. The topological polar surface area (TPSA) is 88.7 Å². The van der Waals surface area contributed by atoms with Gasteiger partial charge in [0.1, 0.15) is 11.6 Å². The number of pyridine rings is 1. The van der Waals surface area contributed by atoms with Crippen molar-refractivity contribution in [1.29, 1.82) is 0 Å². The molecule has 0 bridgehead atoms. The molecule has 1 aromatic rings. The van der Waals surface area contributed by atoms with Crippen LogP contribution >= 0.6 is 0 Å². The number of aliphatic hydroxyl groups is 1. The van der Waals surface area contributed by atoms with E-state index in [4.69, 9.17) is 10.5 Å². The Labute approximate surface area is 123 Å². The number of ether oxygens (including phenoxy) is 1. The molecule has 1 saturated carbocycles. The summed E-state index contributed by atoms with van der Waals surface area (Å²) in [4.78, 5) is 17.3. The van der Waals surface area contributed by atoms with Gasteiger partial charge in [-0.1, -0.05) is 0 Å². The molecule has 3 rings (SSSR count). The molecule has 0 aromatic carbocycles. The molecule has 3 N–H and O–H groups in total. The summed E-state index contributed by atoms with van der Waals surface area (Å²) in [6.07, 6.45) is 3.88. The first-order valence-corrected chi connectivity index (χ1v) is 7.42. The van der Waals surface area contributed by atoms with Gasteiger partial charge >= 0.3 is 0 Å². The number of rotatable bonds is 6. The Morgan fingerprint density at radius 1 is 1.48 bits per heavy atom. The minimum atomic E-state index is -0.546. The van der Waals surface area contributed by atoms with Crippen LogP contribution in [0.15, 0.2) is 18.3 Å². The van der Waals surface area contributed by atoms with Crippen molar-refractivity contribution in [2.24, 2.45) is 17.6 Å². The van der Waals surface area contributed by atoms with Crippen LogP contribution < -0.4 is 15.4 Å². The second-order valence-electron chi connectivity index (χ2n) is 6.01.